The lowest BCUT2D eigenvalue weighted by atomic mass is 10.1. The highest BCUT2D eigenvalue weighted by molar-refractivity contribution is 5.70. The van der Waals surface area contributed by atoms with Gasteiger partial charge in [0.25, 0.3) is 0 Å². The summed E-state index contributed by atoms with van der Waals surface area (Å²) in [4.78, 5) is 34.9. The van der Waals surface area contributed by atoms with Gasteiger partial charge in [-0.05, 0) is 12.8 Å². The molecular formula is C25H46O6. The minimum absolute atomic E-state index is 0.0797. The molecule has 182 valence electrons. The van der Waals surface area contributed by atoms with Gasteiger partial charge in [0.1, 0.15) is 13.2 Å². The minimum atomic E-state index is -0.751. The monoisotopic (exact) mass is 442 g/mol. The third-order valence-corrected chi connectivity index (χ3v) is 5.17. The molecule has 0 aliphatic heterocycles. The molecule has 0 aromatic carbocycles. The molecule has 0 fully saturated rings. The zero-order valence-electron chi connectivity index (χ0n) is 20.3. The molecular weight excluding hydrogens is 396 g/mol. The Morgan fingerprint density at radius 3 is 1.55 bits per heavy atom. The molecule has 0 aromatic rings. The maximum atomic E-state index is 12.0. The van der Waals surface area contributed by atoms with Gasteiger partial charge in [-0.2, -0.15) is 0 Å². The van der Waals surface area contributed by atoms with E-state index in [1.54, 1.807) is 0 Å². The molecule has 0 aliphatic rings. The van der Waals surface area contributed by atoms with Crippen molar-refractivity contribution >= 4 is 17.9 Å². The van der Waals surface area contributed by atoms with Gasteiger partial charge in [0, 0.05) is 19.8 Å². The second-order valence-electron chi connectivity index (χ2n) is 8.34. The topological polar surface area (TPSA) is 78.9 Å². The predicted molar refractivity (Wildman–Crippen MR) is 123 cm³/mol. The van der Waals surface area contributed by atoms with E-state index in [0.29, 0.717) is 12.8 Å². The quantitative estimate of drug-likeness (QED) is 0.118. The zero-order valence-corrected chi connectivity index (χ0v) is 20.3. The summed E-state index contributed by atoms with van der Waals surface area (Å²) in [5.74, 6) is -1.11. The normalized spacial score (nSPS) is 11.7. The van der Waals surface area contributed by atoms with Crippen molar-refractivity contribution in [2.45, 2.75) is 130 Å². The van der Waals surface area contributed by atoms with Crippen molar-refractivity contribution in [3.63, 3.8) is 0 Å². The van der Waals surface area contributed by atoms with Gasteiger partial charge in [-0.15, -0.1) is 0 Å². The maximum Gasteiger partial charge on any atom is 0.306 e. The molecule has 0 spiro atoms. The lowest BCUT2D eigenvalue weighted by molar-refractivity contribution is -0.166. The van der Waals surface area contributed by atoms with Crippen LogP contribution in [0.3, 0.4) is 0 Å². The van der Waals surface area contributed by atoms with E-state index >= 15 is 0 Å². The predicted octanol–water partition coefficient (Wildman–Crippen LogP) is 6.29. The fourth-order valence-corrected chi connectivity index (χ4v) is 3.28. The summed E-state index contributed by atoms with van der Waals surface area (Å²) in [6, 6.07) is 0. The fraction of sp³-hybridized carbons (Fsp3) is 0.880. The lowest BCUT2D eigenvalue weighted by Gasteiger charge is -2.17. The summed E-state index contributed by atoms with van der Waals surface area (Å²) in [7, 11) is 0. The van der Waals surface area contributed by atoms with Gasteiger partial charge in [0.05, 0.1) is 0 Å². The van der Waals surface area contributed by atoms with E-state index in [4.69, 9.17) is 14.2 Å². The molecule has 6 heteroatoms. The Hall–Kier alpha value is -1.59. The fourth-order valence-electron chi connectivity index (χ4n) is 3.28. The molecule has 0 bridgehead atoms. The van der Waals surface area contributed by atoms with Gasteiger partial charge in [0.15, 0.2) is 6.10 Å². The second kappa shape index (κ2) is 21.6. The van der Waals surface area contributed by atoms with E-state index < -0.39 is 12.1 Å². The van der Waals surface area contributed by atoms with E-state index in [1.807, 2.05) is 0 Å². The van der Waals surface area contributed by atoms with Crippen LogP contribution in [0.4, 0.5) is 0 Å². The van der Waals surface area contributed by atoms with E-state index in [9.17, 15) is 14.4 Å². The van der Waals surface area contributed by atoms with Crippen molar-refractivity contribution in [1.82, 2.24) is 0 Å². The van der Waals surface area contributed by atoms with Gasteiger partial charge in [-0.1, -0.05) is 90.9 Å². The van der Waals surface area contributed by atoms with Crippen molar-refractivity contribution in [3.05, 3.63) is 0 Å². The average Bonchev–Trinajstić information content (AvgIpc) is 2.74. The van der Waals surface area contributed by atoms with Crippen LogP contribution in [0.1, 0.15) is 124 Å². The third-order valence-electron chi connectivity index (χ3n) is 5.17. The molecule has 1 atom stereocenters. The van der Waals surface area contributed by atoms with E-state index in [1.165, 1.54) is 58.3 Å². The molecule has 0 radical (unpaired) electrons. The Morgan fingerprint density at radius 2 is 1.00 bits per heavy atom. The van der Waals surface area contributed by atoms with Crippen LogP contribution in [-0.4, -0.2) is 37.2 Å². The number of ether oxygens (including phenoxy) is 3. The van der Waals surface area contributed by atoms with Crippen LogP contribution in [-0.2, 0) is 28.6 Å². The van der Waals surface area contributed by atoms with Crippen LogP contribution in [0, 0.1) is 0 Å². The van der Waals surface area contributed by atoms with Gasteiger partial charge in [-0.3, -0.25) is 14.4 Å². The van der Waals surface area contributed by atoms with E-state index in [2.05, 4.69) is 13.8 Å². The number of hydrogen-bond acceptors (Lipinski definition) is 6. The van der Waals surface area contributed by atoms with Gasteiger partial charge >= 0.3 is 17.9 Å². The SMILES string of the molecule is CCCCCCCCCCCCCC(=O)OC[C@H](COC(C)=O)OC(=O)CCCCC. The highest BCUT2D eigenvalue weighted by Gasteiger charge is 2.18. The third kappa shape index (κ3) is 21.4. The zero-order chi connectivity index (χ0) is 23.2. The Morgan fingerprint density at radius 1 is 0.581 bits per heavy atom. The first-order valence-corrected chi connectivity index (χ1v) is 12.5. The standard InChI is InChI=1S/C25H46O6/c1-4-6-8-9-10-11-12-13-14-15-17-18-24(27)30-21-23(20-29-22(3)26)31-25(28)19-16-7-5-2/h23H,4-21H2,1-3H3/t23-/m0/s1. The number of esters is 3. The number of unbranched alkanes of at least 4 members (excludes halogenated alkanes) is 12. The van der Waals surface area contributed by atoms with Crippen molar-refractivity contribution in [1.29, 1.82) is 0 Å². The second-order valence-corrected chi connectivity index (χ2v) is 8.34. The van der Waals surface area contributed by atoms with Crippen molar-refractivity contribution in [3.8, 4) is 0 Å². The average molecular weight is 443 g/mol. The summed E-state index contributed by atoms with van der Waals surface area (Å²) in [5, 5.41) is 0. The molecule has 0 aliphatic carbocycles. The Labute approximate surface area is 189 Å². The largest absolute Gasteiger partial charge is 0.462 e. The van der Waals surface area contributed by atoms with Crippen LogP contribution in [0.5, 0.6) is 0 Å². The molecule has 0 saturated carbocycles. The first-order valence-electron chi connectivity index (χ1n) is 12.5. The summed E-state index contributed by atoms with van der Waals surface area (Å²) in [5.41, 5.74) is 0. The Balaban J connectivity index is 3.87. The first kappa shape index (κ1) is 29.4. The van der Waals surface area contributed by atoms with Gasteiger partial charge < -0.3 is 14.2 Å². The number of carbonyl (C=O) groups is 3. The van der Waals surface area contributed by atoms with Crippen molar-refractivity contribution in [2.24, 2.45) is 0 Å². The molecule has 31 heavy (non-hydrogen) atoms. The molecule has 0 unspecified atom stereocenters. The molecule has 6 nitrogen and oxygen atoms in total. The molecule has 0 rings (SSSR count). The molecule has 0 heterocycles. The van der Waals surface area contributed by atoms with E-state index in [-0.39, 0.29) is 25.2 Å². The molecule has 0 aromatic heterocycles. The molecule has 0 amide bonds. The Bertz CT molecular complexity index is 463. The lowest BCUT2D eigenvalue weighted by Crippen LogP contribution is -2.30. The number of carbonyl (C=O) groups excluding carboxylic acids is 3. The molecule has 0 saturated heterocycles. The highest BCUT2D eigenvalue weighted by Crippen LogP contribution is 2.12. The smallest absolute Gasteiger partial charge is 0.306 e. The van der Waals surface area contributed by atoms with Crippen LogP contribution < -0.4 is 0 Å². The van der Waals surface area contributed by atoms with E-state index in [0.717, 1.165) is 38.5 Å². The van der Waals surface area contributed by atoms with Gasteiger partial charge in [0.2, 0.25) is 0 Å². The van der Waals surface area contributed by atoms with Crippen molar-refractivity contribution < 1.29 is 28.6 Å². The maximum absolute atomic E-state index is 12.0. The van der Waals surface area contributed by atoms with Gasteiger partial charge in [-0.25, -0.2) is 0 Å². The first-order chi connectivity index (χ1) is 15.0. The van der Waals surface area contributed by atoms with Crippen LogP contribution in [0.2, 0.25) is 0 Å². The summed E-state index contributed by atoms with van der Waals surface area (Å²) >= 11 is 0. The highest BCUT2D eigenvalue weighted by atomic mass is 16.6. The summed E-state index contributed by atoms with van der Waals surface area (Å²) in [6.45, 7) is 5.41. The molecule has 0 N–H and O–H groups in total. The number of hydrogen-bond donors (Lipinski definition) is 0. The van der Waals surface area contributed by atoms with Crippen LogP contribution >= 0.6 is 0 Å². The summed E-state index contributed by atoms with van der Waals surface area (Å²) in [6.07, 6.45) is 16.1. The minimum Gasteiger partial charge on any atom is -0.462 e. The van der Waals surface area contributed by atoms with Crippen LogP contribution in [0.15, 0.2) is 0 Å². The number of rotatable bonds is 21. The van der Waals surface area contributed by atoms with Crippen molar-refractivity contribution in [2.75, 3.05) is 13.2 Å². The Kier molecular flexibility index (Phi) is 20.5. The summed E-state index contributed by atoms with van der Waals surface area (Å²) < 4.78 is 15.5. The van der Waals surface area contributed by atoms with Crippen LogP contribution in [0.25, 0.3) is 0 Å².